The van der Waals surface area contributed by atoms with Crippen LogP contribution in [0.5, 0.6) is 0 Å². The standard InChI is InChI=1S/C14H22N2O4S2/c1-10-5-3-4-7-14(10,9-15)16-22(18,19)11-6-8-21-12(11)13(17)20-2/h6,8,10,16H,3-5,7,9,15H2,1-2H3. The Kier molecular flexibility index (Phi) is 5.26. The minimum absolute atomic E-state index is 0.0325. The molecular formula is C14H22N2O4S2. The molecule has 1 heterocycles. The van der Waals surface area contributed by atoms with Gasteiger partial charge in [-0.25, -0.2) is 17.9 Å². The van der Waals surface area contributed by atoms with Crippen LogP contribution in [0.15, 0.2) is 16.3 Å². The Balaban J connectivity index is 2.35. The largest absolute Gasteiger partial charge is 0.465 e. The van der Waals surface area contributed by atoms with Crippen LogP contribution in [-0.2, 0) is 14.8 Å². The van der Waals surface area contributed by atoms with Crippen LogP contribution in [0.1, 0.15) is 42.3 Å². The first-order valence-electron chi connectivity index (χ1n) is 7.26. The summed E-state index contributed by atoms with van der Waals surface area (Å²) >= 11 is 1.05. The SMILES string of the molecule is COC(=O)c1sccc1S(=O)(=O)NC1(CN)CCCCC1C. The molecule has 22 heavy (non-hydrogen) atoms. The van der Waals surface area contributed by atoms with Crippen molar-refractivity contribution in [2.24, 2.45) is 11.7 Å². The smallest absolute Gasteiger partial charge is 0.349 e. The second-order valence-corrected chi connectivity index (χ2v) is 8.29. The van der Waals surface area contributed by atoms with Gasteiger partial charge in [-0.1, -0.05) is 19.8 Å². The van der Waals surface area contributed by atoms with Crippen molar-refractivity contribution in [2.45, 2.75) is 43.0 Å². The van der Waals surface area contributed by atoms with Crippen molar-refractivity contribution >= 4 is 27.3 Å². The second-order valence-electron chi connectivity index (χ2n) is 5.72. The summed E-state index contributed by atoms with van der Waals surface area (Å²) in [5.41, 5.74) is 5.25. The number of nitrogens with two attached hydrogens (primary N) is 1. The molecule has 1 aliphatic rings. The minimum atomic E-state index is -3.83. The van der Waals surface area contributed by atoms with Crippen LogP contribution in [0.4, 0.5) is 0 Å². The van der Waals surface area contributed by atoms with E-state index in [2.05, 4.69) is 9.46 Å². The van der Waals surface area contributed by atoms with Gasteiger partial charge in [0, 0.05) is 12.1 Å². The molecule has 1 aliphatic carbocycles. The van der Waals surface area contributed by atoms with Gasteiger partial charge in [0.25, 0.3) is 0 Å². The molecule has 3 N–H and O–H groups in total. The molecule has 0 bridgehead atoms. The van der Waals surface area contributed by atoms with E-state index < -0.39 is 21.5 Å². The lowest BCUT2D eigenvalue weighted by Gasteiger charge is -2.42. The van der Waals surface area contributed by atoms with Crippen molar-refractivity contribution in [3.63, 3.8) is 0 Å². The molecule has 1 aromatic heterocycles. The predicted molar refractivity (Wildman–Crippen MR) is 85.4 cm³/mol. The van der Waals surface area contributed by atoms with Gasteiger partial charge in [-0.2, -0.15) is 0 Å². The maximum atomic E-state index is 12.7. The lowest BCUT2D eigenvalue weighted by atomic mass is 9.74. The highest BCUT2D eigenvalue weighted by Gasteiger charge is 2.41. The first-order chi connectivity index (χ1) is 10.4. The summed E-state index contributed by atoms with van der Waals surface area (Å²) in [6, 6.07) is 1.43. The number of sulfonamides is 1. The fourth-order valence-corrected chi connectivity index (χ4v) is 5.85. The molecule has 0 radical (unpaired) electrons. The molecule has 2 rings (SSSR count). The summed E-state index contributed by atoms with van der Waals surface area (Å²) < 4.78 is 32.9. The van der Waals surface area contributed by atoms with E-state index in [9.17, 15) is 13.2 Å². The van der Waals surface area contributed by atoms with Crippen LogP contribution < -0.4 is 10.5 Å². The lowest BCUT2D eigenvalue weighted by molar-refractivity contribution is 0.0602. The average molecular weight is 346 g/mol. The van der Waals surface area contributed by atoms with Crippen LogP contribution in [0, 0.1) is 5.92 Å². The Morgan fingerprint density at radius 1 is 1.55 bits per heavy atom. The summed E-state index contributed by atoms with van der Waals surface area (Å²) in [5.74, 6) is -0.491. The minimum Gasteiger partial charge on any atom is -0.465 e. The molecular weight excluding hydrogens is 324 g/mol. The van der Waals surface area contributed by atoms with Gasteiger partial charge in [0.15, 0.2) is 0 Å². The molecule has 0 spiro atoms. The molecule has 0 saturated heterocycles. The van der Waals surface area contributed by atoms with Crippen LogP contribution in [0.2, 0.25) is 0 Å². The highest BCUT2D eigenvalue weighted by Crippen LogP contribution is 2.35. The number of hydrogen-bond donors (Lipinski definition) is 2. The van der Waals surface area contributed by atoms with E-state index in [1.807, 2.05) is 6.92 Å². The zero-order valence-corrected chi connectivity index (χ0v) is 14.4. The second kappa shape index (κ2) is 6.66. The predicted octanol–water partition coefficient (Wildman–Crippen LogP) is 1.72. The van der Waals surface area contributed by atoms with Crippen molar-refractivity contribution in [2.75, 3.05) is 13.7 Å². The van der Waals surface area contributed by atoms with Gasteiger partial charge in [0.05, 0.1) is 7.11 Å². The zero-order chi connectivity index (χ0) is 16.4. The van der Waals surface area contributed by atoms with Crippen LogP contribution in [-0.4, -0.2) is 33.6 Å². The van der Waals surface area contributed by atoms with Gasteiger partial charge in [0.2, 0.25) is 10.0 Å². The highest BCUT2D eigenvalue weighted by molar-refractivity contribution is 7.89. The van der Waals surface area contributed by atoms with Crippen molar-refractivity contribution in [1.82, 2.24) is 4.72 Å². The third-order valence-corrected chi connectivity index (χ3v) is 7.06. The summed E-state index contributed by atoms with van der Waals surface area (Å²) in [5, 5.41) is 1.57. The molecule has 2 unspecified atom stereocenters. The molecule has 1 saturated carbocycles. The van der Waals surface area contributed by atoms with Gasteiger partial charge in [0.1, 0.15) is 9.77 Å². The topological polar surface area (TPSA) is 98.5 Å². The maximum Gasteiger partial charge on any atom is 0.349 e. The maximum absolute atomic E-state index is 12.7. The fraction of sp³-hybridized carbons (Fsp3) is 0.643. The molecule has 8 heteroatoms. The Bertz CT molecular complexity index is 641. The third kappa shape index (κ3) is 3.19. The number of thiophene rings is 1. The normalized spacial score (nSPS) is 25.9. The Morgan fingerprint density at radius 3 is 2.86 bits per heavy atom. The van der Waals surface area contributed by atoms with E-state index in [0.717, 1.165) is 30.6 Å². The number of rotatable bonds is 5. The average Bonchev–Trinajstić information content (AvgIpc) is 2.99. The molecule has 0 aliphatic heterocycles. The quantitative estimate of drug-likeness (QED) is 0.791. The van der Waals surface area contributed by atoms with Crippen LogP contribution >= 0.6 is 11.3 Å². The van der Waals surface area contributed by atoms with Crippen molar-refractivity contribution in [3.05, 3.63) is 16.3 Å². The summed E-state index contributed by atoms with van der Waals surface area (Å²) in [4.78, 5) is 11.8. The molecule has 6 nitrogen and oxygen atoms in total. The van der Waals surface area contributed by atoms with E-state index >= 15 is 0 Å². The number of ether oxygens (including phenoxy) is 1. The fourth-order valence-electron chi connectivity index (χ4n) is 2.98. The number of carbonyl (C=O) groups is 1. The van der Waals surface area contributed by atoms with E-state index in [1.54, 1.807) is 5.38 Å². The number of nitrogens with one attached hydrogen (secondary N) is 1. The van der Waals surface area contributed by atoms with E-state index in [0.29, 0.717) is 6.42 Å². The molecule has 0 amide bonds. The zero-order valence-electron chi connectivity index (χ0n) is 12.8. The van der Waals surface area contributed by atoms with Crippen molar-refractivity contribution < 1.29 is 17.9 Å². The molecule has 1 fully saturated rings. The molecule has 2 atom stereocenters. The number of esters is 1. The monoisotopic (exact) mass is 346 g/mol. The molecule has 0 aromatic carbocycles. The third-order valence-electron chi connectivity index (χ3n) is 4.44. The van der Waals surface area contributed by atoms with Gasteiger partial charge in [-0.15, -0.1) is 11.3 Å². The van der Waals surface area contributed by atoms with Crippen molar-refractivity contribution in [1.29, 1.82) is 0 Å². The van der Waals surface area contributed by atoms with Gasteiger partial charge >= 0.3 is 5.97 Å². The summed E-state index contributed by atoms with van der Waals surface area (Å²) in [7, 11) is -2.59. The Labute approximate surface area is 135 Å². The van der Waals surface area contributed by atoms with E-state index in [1.165, 1.54) is 13.2 Å². The Morgan fingerprint density at radius 2 is 2.27 bits per heavy atom. The number of carbonyl (C=O) groups excluding carboxylic acids is 1. The van der Waals surface area contributed by atoms with Gasteiger partial charge in [-0.05, 0) is 30.2 Å². The summed E-state index contributed by atoms with van der Waals surface area (Å²) in [6.45, 7) is 2.26. The number of hydrogen-bond acceptors (Lipinski definition) is 6. The number of methoxy groups -OCH3 is 1. The van der Waals surface area contributed by atoms with E-state index in [-0.39, 0.29) is 22.2 Å². The lowest BCUT2D eigenvalue weighted by Crippen LogP contribution is -2.59. The molecule has 1 aromatic rings. The molecule has 124 valence electrons. The first kappa shape index (κ1) is 17.4. The van der Waals surface area contributed by atoms with Gasteiger partial charge in [-0.3, -0.25) is 0 Å². The van der Waals surface area contributed by atoms with Crippen LogP contribution in [0.3, 0.4) is 0 Å². The van der Waals surface area contributed by atoms with Crippen molar-refractivity contribution in [3.8, 4) is 0 Å². The van der Waals surface area contributed by atoms with E-state index in [4.69, 9.17) is 5.73 Å². The van der Waals surface area contributed by atoms with Gasteiger partial charge < -0.3 is 10.5 Å². The van der Waals surface area contributed by atoms with Crippen LogP contribution in [0.25, 0.3) is 0 Å². The highest BCUT2D eigenvalue weighted by atomic mass is 32.2. The Hall–Kier alpha value is -0.960. The summed E-state index contributed by atoms with van der Waals surface area (Å²) in [6.07, 6.45) is 3.67. The first-order valence-corrected chi connectivity index (χ1v) is 9.62.